The minimum Gasteiger partial charge on any atom is -0.461 e. The first-order valence-corrected chi connectivity index (χ1v) is 7.54. The third-order valence-electron chi connectivity index (χ3n) is 2.93. The molecule has 1 unspecified atom stereocenters. The summed E-state index contributed by atoms with van der Waals surface area (Å²) in [6, 6.07) is 10.3. The second kappa shape index (κ2) is 6.60. The maximum atomic E-state index is 5.99. The molecule has 0 amide bonds. The Morgan fingerprint density at radius 1 is 1.32 bits per heavy atom. The normalized spacial score (nSPS) is 12.6. The smallest absolute Gasteiger partial charge is 0.134 e. The molecular formula is C15H17BrClNO. The fourth-order valence-electron chi connectivity index (χ4n) is 2.01. The SMILES string of the molecule is CCNC(C)Cc1ccc(-c2ccc(Cl)c(Br)c2)o1. The van der Waals surface area contributed by atoms with Gasteiger partial charge in [-0.1, -0.05) is 18.5 Å². The van der Waals surface area contributed by atoms with E-state index in [0.29, 0.717) is 11.1 Å². The number of nitrogens with one attached hydrogen (secondary N) is 1. The highest BCUT2D eigenvalue weighted by Gasteiger charge is 2.09. The topological polar surface area (TPSA) is 25.2 Å². The van der Waals surface area contributed by atoms with Gasteiger partial charge in [0.15, 0.2) is 0 Å². The van der Waals surface area contributed by atoms with E-state index in [9.17, 15) is 0 Å². The number of rotatable bonds is 5. The first-order valence-electron chi connectivity index (χ1n) is 6.37. The molecule has 1 heterocycles. The van der Waals surface area contributed by atoms with Gasteiger partial charge < -0.3 is 9.73 Å². The molecule has 1 aromatic heterocycles. The Hall–Kier alpha value is -0.770. The van der Waals surface area contributed by atoms with Crippen molar-refractivity contribution in [3.8, 4) is 11.3 Å². The van der Waals surface area contributed by atoms with Crippen molar-refractivity contribution in [2.24, 2.45) is 0 Å². The van der Waals surface area contributed by atoms with E-state index < -0.39 is 0 Å². The van der Waals surface area contributed by atoms with Gasteiger partial charge in [-0.05, 0) is 59.7 Å². The van der Waals surface area contributed by atoms with Crippen LogP contribution in [0.4, 0.5) is 0 Å². The predicted octanol–water partition coefficient (Wildman–Crippen LogP) is 4.90. The van der Waals surface area contributed by atoms with Gasteiger partial charge in [-0.2, -0.15) is 0 Å². The highest BCUT2D eigenvalue weighted by Crippen LogP contribution is 2.30. The summed E-state index contributed by atoms with van der Waals surface area (Å²) in [6.07, 6.45) is 0.891. The van der Waals surface area contributed by atoms with Gasteiger partial charge in [0.25, 0.3) is 0 Å². The van der Waals surface area contributed by atoms with E-state index in [0.717, 1.165) is 34.5 Å². The van der Waals surface area contributed by atoms with E-state index in [1.807, 2.05) is 30.3 Å². The number of hydrogen-bond donors (Lipinski definition) is 1. The van der Waals surface area contributed by atoms with Crippen molar-refractivity contribution in [3.05, 3.63) is 45.6 Å². The zero-order chi connectivity index (χ0) is 13.8. The molecule has 102 valence electrons. The predicted molar refractivity (Wildman–Crippen MR) is 83.7 cm³/mol. The van der Waals surface area contributed by atoms with Crippen molar-refractivity contribution >= 4 is 27.5 Å². The van der Waals surface area contributed by atoms with Crippen LogP contribution in [0.2, 0.25) is 5.02 Å². The Morgan fingerprint density at radius 2 is 2.11 bits per heavy atom. The van der Waals surface area contributed by atoms with Crippen molar-refractivity contribution in [3.63, 3.8) is 0 Å². The van der Waals surface area contributed by atoms with Crippen LogP contribution in [0.25, 0.3) is 11.3 Å². The molecule has 0 spiro atoms. The van der Waals surface area contributed by atoms with Gasteiger partial charge in [0.2, 0.25) is 0 Å². The van der Waals surface area contributed by atoms with Gasteiger partial charge in [0, 0.05) is 22.5 Å². The zero-order valence-electron chi connectivity index (χ0n) is 11.0. The van der Waals surface area contributed by atoms with Crippen LogP contribution in [-0.2, 0) is 6.42 Å². The molecule has 0 aliphatic heterocycles. The van der Waals surface area contributed by atoms with Gasteiger partial charge >= 0.3 is 0 Å². The fraction of sp³-hybridized carbons (Fsp3) is 0.333. The van der Waals surface area contributed by atoms with Crippen molar-refractivity contribution in [1.82, 2.24) is 5.32 Å². The quantitative estimate of drug-likeness (QED) is 0.835. The Labute approximate surface area is 127 Å². The summed E-state index contributed by atoms with van der Waals surface area (Å²) in [5, 5.41) is 4.08. The lowest BCUT2D eigenvalue weighted by Crippen LogP contribution is -2.27. The molecule has 2 rings (SSSR count). The maximum Gasteiger partial charge on any atom is 0.134 e. The third kappa shape index (κ3) is 3.85. The molecule has 1 atom stereocenters. The number of halogens is 2. The molecule has 2 nitrogen and oxygen atoms in total. The van der Waals surface area contributed by atoms with Crippen LogP contribution in [0.1, 0.15) is 19.6 Å². The zero-order valence-corrected chi connectivity index (χ0v) is 13.4. The average molecular weight is 343 g/mol. The lowest BCUT2D eigenvalue weighted by atomic mass is 10.2. The minimum atomic E-state index is 0.418. The van der Waals surface area contributed by atoms with Crippen LogP contribution in [0.3, 0.4) is 0 Å². The molecule has 0 saturated carbocycles. The van der Waals surface area contributed by atoms with Crippen LogP contribution in [0.15, 0.2) is 39.2 Å². The molecule has 2 aromatic rings. The van der Waals surface area contributed by atoms with Crippen LogP contribution >= 0.6 is 27.5 Å². The summed E-state index contributed by atoms with van der Waals surface area (Å²) in [4.78, 5) is 0. The molecule has 0 bridgehead atoms. The molecule has 0 aliphatic carbocycles. The first-order chi connectivity index (χ1) is 9.10. The summed E-state index contributed by atoms with van der Waals surface area (Å²) in [7, 11) is 0. The average Bonchev–Trinajstić information content (AvgIpc) is 2.81. The van der Waals surface area contributed by atoms with Crippen molar-refractivity contribution in [2.45, 2.75) is 26.3 Å². The van der Waals surface area contributed by atoms with E-state index >= 15 is 0 Å². The van der Waals surface area contributed by atoms with E-state index in [1.165, 1.54) is 0 Å². The van der Waals surface area contributed by atoms with E-state index in [4.69, 9.17) is 16.0 Å². The number of likely N-dealkylation sites (N-methyl/N-ethyl adjacent to an activating group) is 1. The molecule has 19 heavy (non-hydrogen) atoms. The molecule has 4 heteroatoms. The minimum absolute atomic E-state index is 0.418. The number of hydrogen-bond acceptors (Lipinski definition) is 2. The third-order valence-corrected chi connectivity index (χ3v) is 4.14. The Balaban J connectivity index is 2.14. The van der Waals surface area contributed by atoms with Gasteiger partial charge in [0.05, 0.1) is 5.02 Å². The largest absolute Gasteiger partial charge is 0.461 e. The summed E-state index contributed by atoms with van der Waals surface area (Å²) in [6.45, 7) is 5.23. The molecule has 0 saturated heterocycles. The number of benzene rings is 1. The van der Waals surface area contributed by atoms with Crippen LogP contribution in [-0.4, -0.2) is 12.6 Å². The monoisotopic (exact) mass is 341 g/mol. The fourth-order valence-corrected chi connectivity index (χ4v) is 2.51. The second-order valence-corrected chi connectivity index (χ2v) is 5.82. The molecular weight excluding hydrogens is 326 g/mol. The molecule has 0 aliphatic rings. The van der Waals surface area contributed by atoms with Crippen molar-refractivity contribution in [1.29, 1.82) is 0 Å². The van der Waals surface area contributed by atoms with Crippen LogP contribution in [0.5, 0.6) is 0 Å². The molecule has 1 N–H and O–H groups in total. The van der Waals surface area contributed by atoms with Crippen molar-refractivity contribution in [2.75, 3.05) is 6.54 Å². The molecule has 0 radical (unpaired) electrons. The summed E-state index contributed by atoms with van der Waals surface area (Å²) in [5.74, 6) is 1.87. The Morgan fingerprint density at radius 3 is 2.79 bits per heavy atom. The van der Waals surface area contributed by atoms with Gasteiger partial charge in [-0.25, -0.2) is 0 Å². The molecule has 0 fully saturated rings. The van der Waals surface area contributed by atoms with E-state index in [2.05, 4.69) is 35.1 Å². The van der Waals surface area contributed by atoms with E-state index in [-0.39, 0.29) is 0 Å². The Kier molecular flexibility index (Phi) is 5.08. The second-order valence-electron chi connectivity index (χ2n) is 4.56. The number of furan rings is 1. The summed E-state index contributed by atoms with van der Waals surface area (Å²) >= 11 is 9.42. The standard InChI is InChI=1S/C15H17BrClNO/c1-3-18-10(2)8-12-5-7-15(19-12)11-4-6-14(17)13(16)9-11/h4-7,9-10,18H,3,8H2,1-2H3. The maximum absolute atomic E-state index is 5.99. The van der Waals surface area contributed by atoms with Crippen LogP contribution < -0.4 is 5.32 Å². The highest BCUT2D eigenvalue weighted by molar-refractivity contribution is 9.10. The van der Waals surface area contributed by atoms with Gasteiger partial charge in [-0.15, -0.1) is 0 Å². The Bertz CT molecular complexity index is 553. The summed E-state index contributed by atoms with van der Waals surface area (Å²) in [5.41, 5.74) is 1.03. The lowest BCUT2D eigenvalue weighted by molar-refractivity contribution is 0.470. The highest BCUT2D eigenvalue weighted by atomic mass is 79.9. The summed E-state index contributed by atoms with van der Waals surface area (Å²) < 4.78 is 6.76. The van der Waals surface area contributed by atoms with Gasteiger partial charge in [-0.3, -0.25) is 0 Å². The first kappa shape index (κ1) is 14.6. The van der Waals surface area contributed by atoms with Crippen LogP contribution in [0, 0.1) is 0 Å². The van der Waals surface area contributed by atoms with E-state index in [1.54, 1.807) is 0 Å². The van der Waals surface area contributed by atoms with Gasteiger partial charge in [0.1, 0.15) is 11.5 Å². The lowest BCUT2D eigenvalue weighted by Gasteiger charge is -2.09. The van der Waals surface area contributed by atoms with Crippen molar-refractivity contribution < 1.29 is 4.42 Å². The molecule has 1 aromatic carbocycles.